The van der Waals surface area contributed by atoms with Gasteiger partial charge < -0.3 is 11.1 Å². The summed E-state index contributed by atoms with van der Waals surface area (Å²) in [4.78, 5) is 1.21. The van der Waals surface area contributed by atoms with Crippen LogP contribution in [0.1, 0.15) is 24.8 Å². The zero-order valence-electron chi connectivity index (χ0n) is 10.8. The van der Waals surface area contributed by atoms with Crippen LogP contribution in [0.15, 0.2) is 23.1 Å². The molecule has 0 aliphatic heterocycles. The molecule has 94 valence electrons. The van der Waals surface area contributed by atoms with Crippen LogP contribution in [0.4, 0.5) is 5.69 Å². The maximum absolute atomic E-state index is 5.94. The highest BCUT2D eigenvalue weighted by Gasteiger charge is 2.36. The number of benzene rings is 1. The van der Waals surface area contributed by atoms with Crippen LogP contribution in [-0.4, -0.2) is 19.8 Å². The lowest BCUT2D eigenvalue weighted by Gasteiger charge is -2.42. The molecular weight excluding hydrogens is 228 g/mol. The second kappa shape index (κ2) is 5.32. The first kappa shape index (κ1) is 12.8. The standard InChI is InChI=1S/C14H22N2S/c1-16-10-14(6-3-7-14)9-11-4-5-12(15)13(8-11)17-2/h4-5,8,16H,3,6-7,9-10,15H2,1-2H3. The third-order valence-corrected chi connectivity index (χ3v) is 4.64. The molecule has 0 spiro atoms. The van der Waals surface area contributed by atoms with Crippen molar-refractivity contribution in [2.45, 2.75) is 30.6 Å². The number of nitrogens with one attached hydrogen (secondary N) is 1. The van der Waals surface area contributed by atoms with Gasteiger partial charge in [-0.1, -0.05) is 12.5 Å². The van der Waals surface area contributed by atoms with Crippen LogP contribution >= 0.6 is 11.8 Å². The summed E-state index contributed by atoms with van der Waals surface area (Å²) in [6, 6.07) is 6.49. The summed E-state index contributed by atoms with van der Waals surface area (Å²) in [6.45, 7) is 1.13. The van der Waals surface area contributed by atoms with Crippen LogP contribution in [0.25, 0.3) is 0 Å². The number of anilines is 1. The van der Waals surface area contributed by atoms with E-state index in [1.807, 2.05) is 6.07 Å². The number of nitrogen functional groups attached to an aromatic ring is 1. The zero-order chi connectivity index (χ0) is 12.3. The van der Waals surface area contributed by atoms with Crippen molar-refractivity contribution in [3.63, 3.8) is 0 Å². The summed E-state index contributed by atoms with van der Waals surface area (Å²) in [7, 11) is 2.05. The van der Waals surface area contributed by atoms with Crippen molar-refractivity contribution in [1.29, 1.82) is 0 Å². The first-order valence-corrected chi connectivity index (χ1v) is 7.49. The molecule has 1 aliphatic rings. The molecule has 17 heavy (non-hydrogen) atoms. The van der Waals surface area contributed by atoms with E-state index < -0.39 is 0 Å². The first-order chi connectivity index (χ1) is 8.19. The maximum atomic E-state index is 5.94. The molecule has 0 amide bonds. The van der Waals surface area contributed by atoms with Crippen molar-refractivity contribution in [3.8, 4) is 0 Å². The monoisotopic (exact) mass is 250 g/mol. The third-order valence-electron chi connectivity index (χ3n) is 3.84. The fraction of sp³-hybridized carbons (Fsp3) is 0.571. The molecule has 0 bridgehead atoms. The van der Waals surface area contributed by atoms with Crippen molar-refractivity contribution in [1.82, 2.24) is 5.32 Å². The van der Waals surface area contributed by atoms with Gasteiger partial charge in [0.1, 0.15) is 0 Å². The van der Waals surface area contributed by atoms with Crippen LogP contribution in [0.2, 0.25) is 0 Å². The van der Waals surface area contributed by atoms with Gasteiger partial charge in [-0.15, -0.1) is 11.8 Å². The molecule has 1 saturated carbocycles. The predicted molar refractivity (Wildman–Crippen MR) is 76.6 cm³/mol. The number of hydrogen-bond acceptors (Lipinski definition) is 3. The fourth-order valence-electron chi connectivity index (χ4n) is 2.77. The lowest BCUT2D eigenvalue weighted by atomic mass is 9.65. The molecule has 0 unspecified atom stereocenters. The lowest BCUT2D eigenvalue weighted by Crippen LogP contribution is -2.40. The Bertz CT molecular complexity index is 386. The molecule has 0 radical (unpaired) electrons. The Balaban J connectivity index is 2.12. The molecule has 1 aromatic carbocycles. The summed E-state index contributed by atoms with van der Waals surface area (Å²) in [5, 5.41) is 3.34. The Morgan fingerprint density at radius 3 is 2.71 bits per heavy atom. The average molecular weight is 250 g/mol. The summed E-state index contributed by atoms with van der Waals surface area (Å²) in [5.74, 6) is 0. The van der Waals surface area contributed by atoms with Crippen molar-refractivity contribution in [2.75, 3.05) is 25.6 Å². The van der Waals surface area contributed by atoms with Gasteiger partial charge in [0.2, 0.25) is 0 Å². The smallest absolute Gasteiger partial charge is 0.0452 e. The van der Waals surface area contributed by atoms with Crippen LogP contribution in [0, 0.1) is 5.41 Å². The quantitative estimate of drug-likeness (QED) is 0.623. The highest BCUT2D eigenvalue weighted by molar-refractivity contribution is 7.98. The predicted octanol–water partition coefficient (Wildman–Crippen LogP) is 2.92. The van der Waals surface area contributed by atoms with Crippen molar-refractivity contribution < 1.29 is 0 Å². The van der Waals surface area contributed by atoms with E-state index in [2.05, 4.69) is 30.8 Å². The molecule has 1 aliphatic carbocycles. The molecular formula is C14H22N2S. The van der Waals surface area contributed by atoms with E-state index >= 15 is 0 Å². The minimum absolute atomic E-state index is 0.501. The van der Waals surface area contributed by atoms with Gasteiger partial charge in [0.15, 0.2) is 0 Å². The van der Waals surface area contributed by atoms with Crippen molar-refractivity contribution in [3.05, 3.63) is 23.8 Å². The first-order valence-electron chi connectivity index (χ1n) is 6.26. The van der Waals surface area contributed by atoms with Gasteiger partial charge in [0, 0.05) is 17.1 Å². The van der Waals surface area contributed by atoms with Gasteiger partial charge in [-0.3, -0.25) is 0 Å². The van der Waals surface area contributed by atoms with E-state index in [4.69, 9.17) is 5.73 Å². The van der Waals surface area contributed by atoms with Crippen molar-refractivity contribution in [2.24, 2.45) is 5.41 Å². The van der Waals surface area contributed by atoms with E-state index in [0.29, 0.717) is 5.41 Å². The Hall–Kier alpha value is -0.670. The molecule has 3 heteroatoms. The van der Waals surface area contributed by atoms with Gasteiger partial charge >= 0.3 is 0 Å². The largest absolute Gasteiger partial charge is 0.398 e. The van der Waals surface area contributed by atoms with Gasteiger partial charge in [-0.2, -0.15) is 0 Å². The Morgan fingerprint density at radius 1 is 1.41 bits per heavy atom. The normalized spacial score (nSPS) is 17.8. The van der Waals surface area contributed by atoms with Crippen LogP contribution in [0.3, 0.4) is 0 Å². The number of hydrogen-bond donors (Lipinski definition) is 2. The average Bonchev–Trinajstić information content (AvgIpc) is 2.29. The second-order valence-corrected chi connectivity index (χ2v) is 5.99. The highest BCUT2D eigenvalue weighted by atomic mass is 32.2. The highest BCUT2D eigenvalue weighted by Crippen LogP contribution is 2.43. The van der Waals surface area contributed by atoms with E-state index in [1.54, 1.807) is 11.8 Å². The summed E-state index contributed by atoms with van der Waals surface area (Å²) < 4.78 is 0. The summed E-state index contributed by atoms with van der Waals surface area (Å²) >= 11 is 1.73. The fourth-order valence-corrected chi connectivity index (χ4v) is 3.34. The zero-order valence-corrected chi connectivity index (χ0v) is 11.6. The van der Waals surface area contributed by atoms with Gasteiger partial charge in [0.05, 0.1) is 0 Å². The van der Waals surface area contributed by atoms with Crippen LogP contribution < -0.4 is 11.1 Å². The number of nitrogens with two attached hydrogens (primary N) is 1. The molecule has 3 N–H and O–H groups in total. The lowest BCUT2D eigenvalue weighted by molar-refractivity contribution is 0.133. The van der Waals surface area contributed by atoms with Gasteiger partial charge in [-0.25, -0.2) is 0 Å². The minimum Gasteiger partial charge on any atom is -0.398 e. The molecule has 0 heterocycles. The van der Waals surface area contributed by atoms with Gasteiger partial charge in [-0.05, 0) is 55.7 Å². The molecule has 1 aromatic rings. The van der Waals surface area contributed by atoms with E-state index in [1.165, 1.54) is 36.1 Å². The van der Waals surface area contributed by atoms with E-state index in [-0.39, 0.29) is 0 Å². The molecule has 2 nitrogen and oxygen atoms in total. The molecule has 0 atom stereocenters. The Labute approximate surface area is 108 Å². The molecule has 2 rings (SSSR count). The Kier molecular flexibility index (Phi) is 4.00. The topological polar surface area (TPSA) is 38.0 Å². The van der Waals surface area contributed by atoms with Crippen LogP contribution in [0.5, 0.6) is 0 Å². The minimum atomic E-state index is 0.501. The molecule has 1 fully saturated rings. The van der Waals surface area contributed by atoms with Crippen molar-refractivity contribution >= 4 is 17.4 Å². The third kappa shape index (κ3) is 2.78. The number of thioether (sulfide) groups is 1. The van der Waals surface area contributed by atoms with Crippen LogP contribution in [-0.2, 0) is 6.42 Å². The SMILES string of the molecule is CNCC1(Cc2ccc(N)c(SC)c2)CCC1. The maximum Gasteiger partial charge on any atom is 0.0452 e. The van der Waals surface area contributed by atoms with Gasteiger partial charge in [0.25, 0.3) is 0 Å². The summed E-state index contributed by atoms with van der Waals surface area (Å²) in [5.41, 5.74) is 8.77. The Morgan fingerprint density at radius 2 is 2.18 bits per heavy atom. The summed E-state index contributed by atoms with van der Waals surface area (Å²) in [6.07, 6.45) is 7.36. The van der Waals surface area contributed by atoms with E-state index in [0.717, 1.165) is 12.2 Å². The second-order valence-electron chi connectivity index (χ2n) is 5.14. The number of rotatable bonds is 5. The van der Waals surface area contributed by atoms with E-state index in [9.17, 15) is 0 Å². The molecule has 0 aromatic heterocycles. The molecule has 0 saturated heterocycles.